The van der Waals surface area contributed by atoms with Crippen LogP contribution < -0.4 is 15.8 Å². The Morgan fingerprint density at radius 3 is 2.66 bits per heavy atom. The first-order valence-corrected chi connectivity index (χ1v) is 11.9. The minimum absolute atomic E-state index is 0.0930. The molecule has 0 bridgehead atoms. The van der Waals surface area contributed by atoms with Gasteiger partial charge in [-0.15, -0.1) is 0 Å². The number of nitrogens with zero attached hydrogens (tertiary/aromatic N) is 3. The third kappa shape index (κ3) is 6.60. The Morgan fingerprint density at radius 2 is 1.91 bits per heavy atom. The lowest BCUT2D eigenvalue weighted by atomic mass is 9.87. The molecule has 172 valence electrons. The van der Waals surface area contributed by atoms with Crippen molar-refractivity contribution in [3.05, 3.63) is 48.2 Å². The number of piperazine rings is 1. The summed E-state index contributed by atoms with van der Waals surface area (Å²) in [5.41, 5.74) is 7.51. The van der Waals surface area contributed by atoms with Crippen molar-refractivity contribution >= 4 is 17.5 Å². The number of carbonyl (C=O) groups excluding carboxylic acids is 1. The Labute approximate surface area is 190 Å². The summed E-state index contributed by atoms with van der Waals surface area (Å²) in [7, 11) is 0. The van der Waals surface area contributed by atoms with Gasteiger partial charge in [-0.1, -0.05) is 44.2 Å². The Bertz CT molecular complexity index is 859. The van der Waals surface area contributed by atoms with Crippen LogP contribution in [-0.4, -0.2) is 53.6 Å². The van der Waals surface area contributed by atoms with Crippen LogP contribution in [0.1, 0.15) is 44.1 Å². The van der Waals surface area contributed by atoms with Crippen molar-refractivity contribution < 1.29 is 9.53 Å². The van der Waals surface area contributed by atoms with Crippen molar-refractivity contribution in [2.24, 2.45) is 5.92 Å². The molecule has 0 spiro atoms. The van der Waals surface area contributed by atoms with Crippen LogP contribution in [0.5, 0.6) is 5.75 Å². The number of carbonyl (C=O) groups is 1. The van der Waals surface area contributed by atoms with Gasteiger partial charge in [-0.05, 0) is 42.2 Å². The van der Waals surface area contributed by atoms with E-state index in [1.807, 2.05) is 4.90 Å². The first kappa shape index (κ1) is 22.4. The summed E-state index contributed by atoms with van der Waals surface area (Å²) in [6.45, 7) is 4.78. The van der Waals surface area contributed by atoms with E-state index in [1.165, 1.54) is 44.1 Å². The van der Waals surface area contributed by atoms with E-state index >= 15 is 0 Å². The molecule has 7 heteroatoms. The molecular formula is C25H35N5O2. The lowest BCUT2D eigenvalue weighted by Crippen LogP contribution is -2.49. The number of nitrogens with one attached hydrogen (secondary N) is 1. The molecule has 2 amide bonds. The maximum absolute atomic E-state index is 12.5. The number of aromatic nitrogens is 1. The Morgan fingerprint density at radius 1 is 1.09 bits per heavy atom. The summed E-state index contributed by atoms with van der Waals surface area (Å²) in [6.07, 6.45) is 9.64. The van der Waals surface area contributed by atoms with Crippen LogP contribution in [0, 0.1) is 5.92 Å². The molecule has 2 heterocycles. The van der Waals surface area contributed by atoms with Crippen LogP contribution in [0.25, 0.3) is 0 Å². The number of nitrogen functional groups attached to an aromatic ring is 1. The van der Waals surface area contributed by atoms with Crippen molar-refractivity contribution in [2.75, 3.05) is 43.8 Å². The zero-order chi connectivity index (χ0) is 22.2. The van der Waals surface area contributed by atoms with Crippen LogP contribution in [0.3, 0.4) is 0 Å². The van der Waals surface area contributed by atoms with Crippen molar-refractivity contribution in [3.63, 3.8) is 0 Å². The van der Waals surface area contributed by atoms with Crippen molar-refractivity contribution in [3.8, 4) is 5.75 Å². The smallest absolute Gasteiger partial charge is 0.321 e. The van der Waals surface area contributed by atoms with Crippen LogP contribution >= 0.6 is 0 Å². The van der Waals surface area contributed by atoms with Gasteiger partial charge in [-0.25, -0.2) is 9.78 Å². The van der Waals surface area contributed by atoms with Crippen LogP contribution in [0.15, 0.2) is 42.6 Å². The number of urea groups is 1. The fraction of sp³-hybridized carbons (Fsp3) is 0.520. The molecule has 1 saturated heterocycles. The molecule has 1 aliphatic carbocycles. The molecule has 2 aromatic rings. The molecule has 7 nitrogen and oxygen atoms in total. The number of rotatable bonds is 7. The van der Waals surface area contributed by atoms with E-state index in [2.05, 4.69) is 39.5 Å². The number of benzene rings is 1. The standard InChI is InChI=1S/C25H35N5O2/c26-24-10-9-22(18-27-24)28-25(31)30-14-12-29(13-15-30)19-21-7-4-8-23(17-21)32-16-11-20-5-2-1-3-6-20/h4,7-10,17-18,20H,1-3,5-6,11-16,19H2,(H2,26,27)(H,28,31). The van der Waals surface area contributed by atoms with E-state index in [-0.39, 0.29) is 6.03 Å². The third-order valence-corrected chi connectivity index (χ3v) is 6.52. The third-order valence-electron chi connectivity index (χ3n) is 6.52. The van der Waals surface area contributed by atoms with Gasteiger partial charge in [0, 0.05) is 32.7 Å². The van der Waals surface area contributed by atoms with E-state index < -0.39 is 0 Å². The summed E-state index contributed by atoms with van der Waals surface area (Å²) < 4.78 is 6.06. The second kappa shape index (κ2) is 11.2. The van der Waals surface area contributed by atoms with Gasteiger partial charge in [0.25, 0.3) is 0 Å². The Kier molecular flexibility index (Phi) is 7.82. The Balaban J connectivity index is 1.19. The molecule has 0 unspecified atom stereocenters. The molecule has 2 aliphatic rings. The number of hydrogen-bond acceptors (Lipinski definition) is 5. The van der Waals surface area contributed by atoms with Gasteiger partial charge in [0.05, 0.1) is 18.5 Å². The molecule has 4 rings (SSSR count). The molecular weight excluding hydrogens is 402 g/mol. The average molecular weight is 438 g/mol. The highest BCUT2D eigenvalue weighted by Gasteiger charge is 2.21. The summed E-state index contributed by atoms with van der Waals surface area (Å²) in [6, 6.07) is 11.8. The van der Waals surface area contributed by atoms with E-state index in [9.17, 15) is 4.79 Å². The molecule has 32 heavy (non-hydrogen) atoms. The number of pyridine rings is 1. The normalized spacial score (nSPS) is 17.8. The minimum atomic E-state index is -0.0930. The molecule has 1 saturated carbocycles. The minimum Gasteiger partial charge on any atom is -0.494 e. The maximum atomic E-state index is 12.5. The summed E-state index contributed by atoms with van der Waals surface area (Å²) in [5.74, 6) is 2.25. The van der Waals surface area contributed by atoms with E-state index in [0.717, 1.165) is 37.9 Å². The highest BCUT2D eigenvalue weighted by Crippen LogP contribution is 2.26. The quantitative estimate of drug-likeness (QED) is 0.672. The monoisotopic (exact) mass is 437 g/mol. The lowest BCUT2D eigenvalue weighted by molar-refractivity contribution is 0.143. The first-order valence-electron chi connectivity index (χ1n) is 11.9. The Hall–Kier alpha value is -2.80. The van der Waals surface area contributed by atoms with Gasteiger partial charge in [0.2, 0.25) is 0 Å². The first-order chi connectivity index (χ1) is 15.7. The largest absolute Gasteiger partial charge is 0.494 e. The van der Waals surface area contributed by atoms with Crippen molar-refractivity contribution in [1.29, 1.82) is 0 Å². The highest BCUT2D eigenvalue weighted by molar-refractivity contribution is 5.89. The summed E-state index contributed by atoms with van der Waals surface area (Å²) >= 11 is 0. The van der Waals surface area contributed by atoms with Gasteiger partial charge in [0.1, 0.15) is 11.6 Å². The van der Waals surface area contributed by atoms with Crippen LogP contribution in [-0.2, 0) is 6.54 Å². The van der Waals surface area contributed by atoms with Crippen LogP contribution in [0.2, 0.25) is 0 Å². The molecule has 3 N–H and O–H groups in total. The van der Waals surface area contributed by atoms with Crippen molar-refractivity contribution in [2.45, 2.75) is 45.1 Å². The second-order valence-electron chi connectivity index (χ2n) is 8.95. The van der Waals surface area contributed by atoms with Crippen LogP contribution in [0.4, 0.5) is 16.3 Å². The number of anilines is 2. The number of hydrogen-bond donors (Lipinski definition) is 2. The lowest BCUT2D eigenvalue weighted by Gasteiger charge is -2.34. The van der Waals surface area contributed by atoms with Gasteiger partial charge in [-0.3, -0.25) is 4.90 Å². The fourth-order valence-electron chi connectivity index (χ4n) is 4.60. The van der Waals surface area contributed by atoms with E-state index in [0.29, 0.717) is 24.6 Å². The fourth-order valence-corrected chi connectivity index (χ4v) is 4.60. The SMILES string of the molecule is Nc1ccc(NC(=O)N2CCN(Cc3cccc(OCCC4CCCCC4)c3)CC2)cn1. The zero-order valence-electron chi connectivity index (χ0n) is 18.8. The van der Waals surface area contributed by atoms with Gasteiger partial charge < -0.3 is 20.7 Å². The summed E-state index contributed by atoms with van der Waals surface area (Å²) in [5, 5.41) is 2.89. The zero-order valence-corrected chi connectivity index (χ0v) is 18.8. The number of ether oxygens (including phenoxy) is 1. The molecule has 2 fully saturated rings. The predicted molar refractivity (Wildman–Crippen MR) is 128 cm³/mol. The molecule has 1 aromatic heterocycles. The van der Waals surface area contributed by atoms with Crippen molar-refractivity contribution in [1.82, 2.24) is 14.8 Å². The number of nitrogens with two attached hydrogens (primary N) is 1. The molecule has 1 aromatic carbocycles. The topological polar surface area (TPSA) is 83.7 Å². The second-order valence-corrected chi connectivity index (χ2v) is 8.95. The van der Waals surface area contributed by atoms with E-state index in [4.69, 9.17) is 10.5 Å². The van der Waals surface area contributed by atoms with Gasteiger partial charge in [0.15, 0.2) is 0 Å². The maximum Gasteiger partial charge on any atom is 0.321 e. The predicted octanol–water partition coefficient (Wildman–Crippen LogP) is 4.36. The van der Waals surface area contributed by atoms with Gasteiger partial charge >= 0.3 is 6.03 Å². The molecule has 1 aliphatic heterocycles. The highest BCUT2D eigenvalue weighted by atomic mass is 16.5. The molecule has 0 atom stereocenters. The number of amides is 2. The summed E-state index contributed by atoms with van der Waals surface area (Å²) in [4.78, 5) is 20.7. The average Bonchev–Trinajstić information content (AvgIpc) is 2.82. The van der Waals surface area contributed by atoms with Gasteiger partial charge in [-0.2, -0.15) is 0 Å². The molecule has 0 radical (unpaired) electrons. The van der Waals surface area contributed by atoms with E-state index in [1.54, 1.807) is 18.3 Å².